The number of aromatic hydroxyl groups is 1. The maximum absolute atomic E-state index is 12.1. The van der Waals surface area contributed by atoms with Crippen LogP contribution in [-0.2, 0) is 10.0 Å². The van der Waals surface area contributed by atoms with Crippen LogP contribution >= 0.6 is 0 Å². The molecule has 4 N–H and O–H groups in total. The Kier molecular flexibility index (Phi) is 3.62. The average Bonchev–Trinajstić information content (AvgIpc) is 2.39. The van der Waals surface area contributed by atoms with Crippen LogP contribution in [0.25, 0.3) is 0 Å². The lowest BCUT2D eigenvalue weighted by atomic mass is 10.2. The number of primary amides is 1. The van der Waals surface area contributed by atoms with Crippen molar-refractivity contribution in [2.45, 2.75) is 4.90 Å². The number of para-hydroxylation sites is 1. The van der Waals surface area contributed by atoms with Crippen molar-refractivity contribution >= 4 is 21.6 Å². The smallest absolute Gasteiger partial charge is 0.265 e. The summed E-state index contributed by atoms with van der Waals surface area (Å²) in [5, 5.41) is 9.56. The van der Waals surface area contributed by atoms with Crippen LogP contribution in [0.1, 0.15) is 10.4 Å². The molecule has 0 aliphatic rings. The molecule has 0 spiro atoms. The predicted molar refractivity (Wildman–Crippen MR) is 73.9 cm³/mol. The van der Waals surface area contributed by atoms with Crippen LogP contribution in [-0.4, -0.2) is 19.4 Å². The highest BCUT2D eigenvalue weighted by Gasteiger charge is 2.18. The molecule has 0 radical (unpaired) electrons. The molecule has 0 atom stereocenters. The van der Waals surface area contributed by atoms with E-state index in [0.717, 1.165) is 0 Å². The van der Waals surface area contributed by atoms with Gasteiger partial charge in [-0.15, -0.1) is 0 Å². The zero-order valence-corrected chi connectivity index (χ0v) is 11.1. The van der Waals surface area contributed by atoms with Gasteiger partial charge in [-0.1, -0.05) is 12.1 Å². The van der Waals surface area contributed by atoms with Crippen molar-refractivity contribution in [1.29, 1.82) is 0 Å². The standard InChI is InChI=1S/C13H12N2O4S/c14-13(17)9-5-7-10(8-6-9)15-20(18,19)12-4-2-1-3-11(12)16/h1-8,15-16H,(H2,14,17). The van der Waals surface area contributed by atoms with E-state index >= 15 is 0 Å². The summed E-state index contributed by atoms with van der Waals surface area (Å²) in [6.07, 6.45) is 0. The van der Waals surface area contributed by atoms with E-state index in [1.165, 1.54) is 48.5 Å². The van der Waals surface area contributed by atoms with Gasteiger partial charge in [0.25, 0.3) is 10.0 Å². The predicted octanol–water partition coefficient (Wildman–Crippen LogP) is 1.29. The molecule has 0 aliphatic heterocycles. The van der Waals surface area contributed by atoms with Crippen LogP contribution in [0.5, 0.6) is 5.75 Å². The van der Waals surface area contributed by atoms with Gasteiger partial charge in [0.1, 0.15) is 10.6 Å². The van der Waals surface area contributed by atoms with Crippen molar-refractivity contribution in [2.75, 3.05) is 4.72 Å². The third-order valence-electron chi connectivity index (χ3n) is 2.58. The normalized spacial score (nSPS) is 11.0. The van der Waals surface area contributed by atoms with E-state index in [1.807, 2.05) is 0 Å². The number of anilines is 1. The molecule has 1 amide bonds. The second-order valence-corrected chi connectivity index (χ2v) is 5.67. The third-order valence-corrected chi connectivity index (χ3v) is 4.01. The monoisotopic (exact) mass is 292 g/mol. The Morgan fingerprint density at radius 3 is 2.20 bits per heavy atom. The Morgan fingerprint density at radius 2 is 1.65 bits per heavy atom. The molecule has 104 valence electrons. The lowest BCUT2D eigenvalue weighted by Gasteiger charge is -2.09. The largest absolute Gasteiger partial charge is 0.507 e. The van der Waals surface area contributed by atoms with Gasteiger partial charge in [0, 0.05) is 11.3 Å². The number of nitrogens with two attached hydrogens (primary N) is 1. The molecule has 0 aromatic heterocycles. The van der Waals surface area contributed by atoms with Crippen LogP contribution in [0, 0.1) is 0 Å². The number of sulfonamides is 1. The van der Waals surface area contributed by atoms with Gasteiger partial charge in [-0.05, 0) is 36.4 Å². The van der Waals surface area contributed by atoms with Crippen LogP contribution < -0.4 is 10.5 Å². The highest BCUT2D eigenvalue weighted by molar-refractivity contribution is 7.92. The Bertz CT molecular complexity index is 739. The average molecular weight is 292 g/mol. The lowest BCUT2D eigenvalue weighted by Crippen LogP contribution is -2.14. The SMILES string of the molecule is NC(=O)c1ccc(NS(=O)(=O)c2ccccc2O)cc1. The number of carbonyl (C=O) groups excluding carboxylic acids is 1. The van der Waals surface area contributed by atoms with Gasteiger partial charge in [0.2, 0.25) is 5.91 Å². The summed E-state index contributed by atoms with van der Waals surface area (Å²) in [5.41, 5.74) is 5.63. The molecule has 6 nitrogen and oxygen atoms in total. The first-order chi connectivity index (χ1) is 9.40. The maximum Gasteiger partial charge on any atom is 0.265 e. The molecule has 0 unspecified atom stereocenters. The van der Waals surface area contributed by atoms with Crippen LogP contribution in [0.4, 0.5) is 5.69 Å². The molecule has 7 heteroatoms. The van der Waals surface area contributed by atoms with Crippen molar-refractivity contribution in [3.63, 3.8) is 0 Å². The fraction of sp³-hybridized carbons (Fsp3) is 0. The minimum Gasteiger partial charge on any atom is -0.507 e. The van der Waals surface area contributed by atoms with E-state index in [0.29, 0.717) is 0 Å². The quantitative estimate of drug-likeness (QED) is 0.788. The van der Waals surface area contributed by atoms with Gasteiger partial charge in [-0.3, -0.25) is 9.52 Å². The summed E-state index contributed by atoms with van der Waals surface area (Å²) >= 11 is 0. The van der Waals surface area contributed by atoms with E-state index in [1.54, 1.807) is 0 Å². The first-order valence-electron chi connectivity index (χ1n) is 5.61. The van der Waals surface area contributed by atoms with Gasteiger partial charge < -0.3 is 10.8 Å². The number of hydrogen-bond acceptors (Lipinski definition) is 4. The lowest BCUT2D eigenvalue weighted by molar-refractivity contribution is 0.100. The molecule has 0 bridgehead atoms. The molecule has 0 fully saturated rings. The molecule has 0 saturated heterocycles. The Balaban J connectivity index is 2.29. The number of benzene rings is 2. The van der Waals surface area contributed by atoms with Gasteiger partial charge in [0.15, 0.2) is 0 Å². The van der Waals surface area contributed by atoms with Gasteiger partial charge in [0.05, 0.1) is 0 Å². The van der Waals surface area contributed by atoms with E-state index in [2.05, 4.69) is 4.72 Å². The minimum atomic E-state index is -3.89. The first kappa shape index (κ1) is 13.9. The highest BCUT2D eigenvalue weighted by atomic mass is 32.2. The van der Waals surface area contributed by atoms with Gasteiger partial charge in [-0.25, -0.2) is 8.42 Å². The van der Waals surface area contributed by atoms with Gasteiger partial charge >= 0.3 is 0 Å². The summed E-state index contributed by atoms with van der Waals surface area (Å²) in [5.74, 6) is -0.936. The molecular weight excluding hydrogens is 280 g/mol. The zero-order valence-electron chi connectivity index (χ0n) is 10.3. The van der Waals surface area contributed by atoms with E-state index in [4.69, 9.17) is 5.73 Å². The first-order valence-corrected chi connectivity index (χ1v) is 7.09. The number of carbonyl (C=O) groups is 1. The summed E-state index contributed by atoms with van der Waals surface area (Å²) in [7, 11) is -3.89. The number of rotatable bonds is 4. The van der Waals surface area contributed by atoms with Crippen molar-refractivity contribution in [1.82, 2.24) is 0 Å². The number of amides is 1. The highest BCUT2D eigenvalue weighted by Crippen LogP contribution is 2.24. The molecule has 2 rings (SSSR count). The zero-order chi connectivity index (χ0) is 14.8. The number of phenols is 1. The van der Waals surface area contributed by atoms with Crippen molar-refractivity contribution < 1.29 is 18.3 Å². The Hall–Kier alpha value is -2.54. The van der Waals surface area contributed by atoms with Gasteiger partial charge in [-0.2, -0.15) is 0 Å². The Morgan fingerprint density at radius 1 is 1.05 bits per heavy atom. The summed E-state index contributed by atoms with van der Waals surface area (Å²) in [4.78, 5) is 10.7. The topological polar surface area (TPSA) is 109 Å². The van der Waals surface area contributed by atoms with E-state index < -0.39 is 15.9 Å². The fourth-order valence-corrected chi connectivity index (χ4v) is 2.75. The molecule has 0 saturated carbocycles. The van der Waals surface area contributed by atoms with E-state index in [-0.39, 0.29) is 21.9 Å². The van der Waals surface area contributed by atoms with Crippen molar-refractivity contribution in [3.8, 4) is 5.75 Å². The number of phenolic OH excluding ortho intramolecular Hbond substituents is 1. The molecular formula is C13H12N2O4S. The third kappa shape index (κ3) is 2.89. The summed E-state index contributed by atoms with van der Waals surface area (Å²) in [6, 6.07) is 11.2. The van der Waals surface area contributed by atoms with Crippen LogP contribution in [0.15, 0.2) is 53.4 Å². The fourth-order valence-electron chi connectivity index (χ4n) is 1.60. The number of nitrogens with one attached hydrogen (secondary N) is 1. The minimum absolute atomic E-state index is 0.223. The second-order valence-electron chi connectivity index (χ2n) is 4.01. The summed E-state index contributed by atoms with van der Waals surface area (Å²) in [6.45, 7) is 0. The second kappa shape index (κ2) is 5.22. The molecule has 0 heterocycles. The van der Waals surface area contributed by atoms with E-state index in [9.17, 15) is 18.3 Å². The van der Waals surface area contributed by atoms with Crippen molar-refractivity contribution in [2.24, 2.45) is 5.73 Å². The molecule has 2 aromatic carbocycles. The van der Waals surface area contributed by atoms with Crippen LogP contribution in [0.2, 0.25) is 0 Å². The molecule has 0 aliphatic carbocycles. The molecule has 2 aromatic rings. The Labute approximate surface area is 115 Å². The van der Waals surface area contributed by atoms with Crippen molar-refractivity contribution in [3.05, 3.63) is 54.1 Å². The maximum atomic E-state index is 12.1. The molecule has 20 heavy (non-hydrogen) atoms. The van der Waals surface area contributed by atoms with Crippen LogP contribution in [0.3, 0.4) is 0 Å². The number of hydrogen-bond donors (Lipinski definition) is 3. The summed E-state index contributed by atoms with van der Waals surface area (Å²) < 4.78 is 26.5.